The molecule has 5 rings (SSSR count). The highest BCUT2D eigenvalue weighted by atomic mass is 19.4. The number of carbonyl (C=O) groups excluding carboxylic acids is 1. The quantitative estimate of drug-likeness (QED) is 0.200. The summed E-state index contributed by atoms with van der Waals surface area (Å²) in [6.07, 6.45) is 0.684. The molecular formula is C29H25F3N6O4. The van der Waals surface area contributed by atoms with Crippen molar-refractivity contribution in [2.45, 2.75) is 39.2 Å². The first-order valence-electron chi connectivity index (χ1n) is 12.6. The third kappa shape index (κ3) is 6.15. The number of urea groups is 1. The van der Waals surface area contributed by atoms with Gasteiger partial charge in [0.2, 0.25) is 0 Å². The van der Waals surface area contributed by atoms with Gasteiger partial charge in [-0.15, -0.1) is 0 Å². The van der Waals surface area contributed by atoms with Crippen LogP contribution in [0.25, 0.3) is 22.4 Å². The number of hydrogen-bond donors (Lipinski definition) is 3. The van der Waals surface area contributed by atoms with Crippen molar-refractivity contribution in [2.24, 2.45) is 0 Å². The van der Waals surface area contributed by atoms with Gasteiger partial charge in [-0.2, -0.15) is 13.2 Å². The lowest BCUT2D eigenvalue weighted by Gasteiger charge is -2.22. The van der Waals surface area contributed by atoms with E-state index in [4.69, 9.17) is 9.15 Å². The number of aliphatic hydroxyl groups is 1. The fourth-order valence-electron chi connectivity index (χ4n) is 4.19. The van der Waals surface area contributed by atoms with Crippen LogP contribution < -0.4 is 15.4 Å². The number of fused-ring (bicyclic) bond motifs is 1. The molecule has 0 unspecified atom stereocenters. The molecule has 0 spiro atoms. The number of ether oxygens (including phenoxy) is 1. The molecule has 42 heavy (non-hydrogen) atoms. The smallest absolute Gasteiger partial charge is 0.418 e. The molecular weight excluding hydrogens is 553 g/mol. The van der Waals surface area contributed by atoms with E-state index in [1.165, 1.54) is 26.3 Å². The highest BCUT2D eigenvalue weighted by Gasteiger charge is 2.38. The molecule has 0 aliphatic carbocycles. The minimum Gasteiger partial charge on any atom is -0.470 e. The molecule has 0 fully saturated rings. The second kappa shape index (κ2) is 11.1. The molecule has 5 aromatic rings. The Balaban J connectivity index is 1.32. The number of pyridine rings is 2. The SMILES string of the molecule is Cc1nc(-c2cnc(OCc3ccccc3)c3occc23)ncc1NC(=O)Nc1cnc(C(C)(C)O)c(C(F)(F)F)c1. The molecule has 1 aromatic carbocycles. The predicted molar refractivity (Wildman–Crippen MR) is 148 cm³/mol. The van der Waals surface area contributed by atoms with E-state index in [0.29, 0.717) is 46.6 Å². The van der Waals surface area contributed by atoms with Crippen LogP contribution in [0.2, 0.25) is 0 Å². The largest absolute Gasteiger partial charge is 0.470 e. The first-order chi connectivity index (χ1) is 19.9. The third-order valence-corrected chi connectivity index (χ3v) is 6.18. The molecule has 216 valence electrons. The maximum Gasteiger partial charge on any atom is 0.418 e. The van der Waals surface area contributed by atoms with Crippen molar-refractivity contribution in [2.75, 3.05) is 10.6 Å². The molecule has 0 saturated heterocycles. The predicted octanol–water partition coefficient (Wildman–Crippen LogP) is 6.46. The van der Waals surface area contributed by atoms with Gasteiger partial charge >= 0.3 is 12.2 Å². The van der Waals surface area contributed by atoms with E-state index < -0.39 is 29.1 Å². The summed E-state index contributed by atoms with van der Waals surface area (Å²) in [6, 6.07) is 11.2. The summed E-state index contributed by atoms with van der Waals surface area (Å²) in [7, 11) is 0. The Morgan fingerprint density at radius 3 is 2.48 bits per heavy atom. The van der Waals surface area contributed by atoms with E-state index in [-0.39, 0.29) is 11.4 Å². The van der Waals surface area contributed by atoms with Crippen LogP contribution in [0.1, 0.15) is 36.4 Å². The van der Waals surface area contributed by atoms with Crippen molar-refractivity contribution >= 4 is 28.4 Å². The zero-order chi connectivity index (χ0) is 30.1. The maximum atomic E-state index is 13.6. The number of alkyl halides is 3. The van der Waals surface area contributed by atoms with Crippen LogP contribution in [0.4, 0.5) is 29.3 Å². The lowest BCUT2D eigenvalue weighted by molar-refractivity contribution is -0.140. The molecule has 3 N–H and O–H groups in total. The van der Waals surface area contributed by atoms with Crippen molar-refractivity contribution in [3.05, 3.63) is 89.8 Å². The standard InChI is InChI=1S/C29H25F3N6O4/c1-16-22(38-27(39)37-18-11-21(29(30,31)32)24(33-12-18)28(2,3)40)14-34-25(36-16)20-13-35-26(23-19(20)9-10-41-23)42-15-17-7-5-4-6-8-17/h4-14,40H,15H2,1-3H3,(H2,37,38,39). The summed E-state index contributed by atoms with van der Waals surface area (Å²) >= 11 is 0. The van der Waals surface area contributed by atoms with Gasteiger partial charge in [0.1, 0.15) is 12.2 Å². The lowest BCUT2D eigenvalue weighted by Crippen LogP contribution is -2.25. The number of benzene rings is 1. The topological polar surface area (TPSA) is 135 Å². The van der Waals surface area contributed by atoms with E-state index in [1.54, 1.807) is 19.2 Å². The van der Waals surface area contributed by atoms with Gasteiger partial charge in [-0.1, -0.05) is 30.3 Å². The van der Waals surface area contributed by atoms with Crippen molar-refractivity contribution < 1.29 is 32.2 Å². The fraction of sp³-hybridized carbons (Fsp3) is 0.207. The fourth-order valence-corrected chi connectivity index (χ4v) is 4.19. The van der Waals surface area contributed by atoms with Crippen molar-refractivity contribution in [1.82, 2.24) is 19.9 Å². The number of carbonyl (C=O) groups is 1. The number of furan rings is 1. The number of nitrogens with one attached hydrogen (secondary N) is 2. The summed E-state index contributed by atoms with van der Waals surface area (Å²) in [6.45, 7) is 4.33. The summed E-state index contributed by atoms with van der Waals surface area (Å²) < 4.78 is 52.2. The monoisotopic (exact) mass is 578 g/mol. The third-order valence-electron chi connectivity index (χ3n) is 6.18. The molecule has 0 atom stereocenters. The average molecular weight is 579 g/mol. The van der Waals surface area contributed by atoms with Crippen molar-refractivity contribution in [1.29, 1.82) is 0 Å². The second-order valence-corrected chi connectivity index (χ2v) is 9.86. The minimum absolute atomic E-state index is 0.217. The Hall–Kier alpha value is -5.04. The minimum atomic E-state index is -4.79. The second-order valence-electron chi connectivity index (χ2n) is 9.86. The molecule has 0 radical (unpaired) electrons. The highest BCUT2D eigenvalue weighted by Crippen LogP contribution is 2.37. The summed E-state index contributed by atoms with van der Waals surface area (Å²) in [4.78, 5) is 29.5. The molecule has 0 aliphatic heterocycles. The van der Waals surface area contributed by atoms with Crippen molar-refractivity contribution in [3.63, 3.8) is 0 Å². The first-order valence-corrected chi connectivity index (χ1v) is 12.6. The summed E-state index contributed by atoms with van der Waals surface area (Å²) in [5.41, 5.74) is -1.19. The highest BCUT2D eigenvalue weighted by molar-refractivity contribution is 6.00. The van der Waals surface area contributed by atoms with E-state index in [9.17, 15) is 23.1 Å². The average Bonchev–Trinajstić information content (AvgIpc) is 3.43. The number of rotatable bonds is 7. The van der Waals surface area contributed by atoms with Gasteiger partial charge in [0.25, 0.3) is 5.88 Å². The van der Waals surface area contributed by atoms with Crippen LogP contribution in [0.15, 0.2) is 71.7 Å². The molecule has 13 heteroatoms. The first kappa shape index (κ1) is 28.5. The Morgan fingerprint density at radius 1 is 1.02 bits per heavy atom. The number of amides is 2. The molecule has 0 aliphatic rings. The van der Waals surface area contributed by atoms with Crippen molar-refractivity contribution in [3.8, 4) is 17.3 Å². The van der Waals surface area contributed by atoms with Crippen LogP contribution in [0, 0.1) is 6.92 Å². The van der Waals surface area contributed by atoms with E-state index in [1.807, 2.05) is 30.3 Å². The van der Waals surface area contributed by atoms with Crippen LogP contribution in [-0.4, -0.2) is 31.1 Å². The number of aryl methyl sites for hydroxylation is 1. The van der Waals surface area contributed by atoms with Crippen LogP contribution >= 0.6 is 0 Å². The molecule has 10 nitrogen and oxygen atoms in total. The van der Waals surface area contributed by atoms with Gasteiger partial charge in [0.15, 0.2) is 11.4 Å². The van der Waals surface area contributed by atoms with Crippen LogP contribution in [-0.2, 0) is 18.4 Å². The van der Waals surface area contributed by atoms with Gasteiger partial charge in [-0.25, -0.2) is 19.7 Å². The molecule has 0 bridgehead atoms. The van der Waals surface area contributed by atoms with E-state index in [0.717, 1.165) is 11.8 Å². The Bertz CT molecular complexity index is 1750. The molecule has 0 saturated carbocycles. The van der Waals surface area contributed by atoms with Gasteiger partial charge < -0.3 is 24.9 Å². The summed E-state index contributed by atoms with van der Waals surface area (Å²) in [5, 5.41) is 15.6. The maximum absolute atomic E-state index is 13.6. The number of aromatic nitrogens is 4. The van der Waals surface area contributed by atoms with Crippen LogP contribution in [0.5, 0.6) is 5.88 Å². The molecule has 2 amide bonds. The molecule has 4 heterocycles. The van der Waals surface area contributed by atoms with Gasteiger partial charge in [0.05, 0.1) is 47.0 Å². The Kier molecular flexibility index (Phi) is 7.52. The zero-order valence-electron chi connectivity index (χ0n) is 22.7. The lowest BCUT2D eigenvalue weighted by atomic mass is 9.98. The van der Waals surface area contributed by atoms with Gasteiger partial charge in [0, 0.05) is 17.1 Å². The number of anilines is 2. The zero-order valence-corrected chi connectivity index (χ0v) is 22.7. The Labute approximate surface area is 237 Å². The Morgan fingerprint density at radius 2 is 1.79 bits per heavy atom. The van der Waals surface area contributed by atoms with E-state index in [2.05, 4.69) is 30.6 Å². The van der Waals surface area contributed by atoms with Gasteiger partial charge in [-0.05, 0) is 38.5 Å². The number of hydrogen-bond acceptors (Lipinski definition) is 8. The van der Waals surface area contributed by atoms with Gasteiger partial charge in [-0.3, -0.25) is 4.98 Å². The molecule has 4 aromatic heterocycles. The normalized spacial score (nSPS) is 11.9. The van der Waals surface area contributed by atoms with E-state index >= 15 is 0 Å². The van der Waals surface area contributed by atoms with Crippen LogP contribution in [0.3, 0.4) is 0 Å². The summed E-state index contributed by atoms with van der Waals surface area (Å²) in [5.74, 6) is 0.626. The number of halogens is 3. The number of nitrogens with zero attached hydrogens (tertiary/aromatic N) is 4.